The van der Waals surface area contributed by atoms with Crippen molar-refractivity contribution in [3.8, 4) is 0 Å². The number of methoxy groups -OCH3 is 1. The highest BCUT2D eigenvalue weighted by Gasteiger charge is 2.20. The molecule has 0 spiro atoms. The number of halogens is 1. The van der Waals surface area contributed by atoms with Crippen LogP contribution in [-0.4, -0.2) is 38.7 Å². The molecule has 6 nitrogen and oxygen atoms in total. The molecule has 0 aromatic heterocycles. The zero-order chi connectivity index (χ0) is 14.5. The summed E-state index contributed by atoms with van der Waals surface area (Å²) in [5, 5.41) is 5.72. The number of anilines is 2. The highest BCUT2D eigenvalue weighted by molar-refractivity contribution is 6.34. The predicted octanol–water partition coefficient (Wildman–Crippen LogP) is 1.44. The maximum absolute atomic E-state index is 11.7. The van der Waals surface area contributed by atoms with E-state index in [0.29, 0.717) is 36.0 Å². The van der Waals surface area contributed by atoms with Crippen molar-refractivity contribution in [3.05, 3.63) is 22.7 Å². The molecule has 0 fully saturated rings. The highest BCUT2D eigenvalue weighted by Crippen LogP contribution is 2.32. The fourth-order valence-electron chi connectivity index (χ4n) is 1.84. The van der Waals surface area contributed by atoms with Crippen LogP contribution in [0.2, 0.25) is 5.02 Å². The fourth-order valence-corrected chi connectivity index (χ4v) is 2.05. The van der Waals surface area contributed by atoms with Gasteiger partial charge >= 0.3 is 0 Å². The summed E-state index contributed by atoms with van der Waals surface area (Å²) in [6.45, 7) is 0.703. The minimum absolute atomic E-state index is 0.0754. The van der Waals surface area contributed by atoms with Gasteiger partial charge in [0.05, 0.1) is 30.3 Å². The Bertz CT molecular complexity index is 533. The van der Waals surface area contributed by atoms with Crippen molar-refractivity contribution in [1.29, 1.82) is 0 Å². The molecule has 108 valence electrons. The Kier molecular flexibility index (Phi) is 4.94. The normalized spacial score (nSPS) is 13.0. The van der Waals surface area contributed by atoms with E-state index in [-0.39, 0.29) is 18.4 Å². The van der Waals surface area contributed by atoms with E-state index in [9.17, 15) is 9.59 Å². The van der Waals surface area contributed by atoms with Gasteiger partial charge in [-0.15, -0.1) is 0 Å². The van der Waals surface area contributed by atoms with Crippen molar-refractivity contribution in [1.82, 2.24) is 0 Å². The summed E-state index contributed by atoms with van der Waals surface area (Å²) < 4.78 is 9.92. The molecule has 0 saturated heterocycles. The molecule has 0 atom stereocenters. The van der Waals surface area contributed by atoms with Crippen molar-refractivity contribution in [2.75, 3.05) is 37.6 Å². The summed E-state index contributed by atoms with van der Waals surface area (Å²) in [6, 6.07) is 3.33. The van der Waals surface area contributed by atoms with Crippen molar-refractivity contribution < 1.29 is 19.1 Å². The van der Waals surface area contributed by atoms with E-state index in [1.54, 1.807) is 19.2 Å². The van der Waals surface area contributed by atoms with Crippen LogP contribution in [0.3, 0.4) is 0 Å². The van der Waals surface area contributed by atoms with Crippen LogP contribution in [0.15, 0.2) is 12.1 Å². The number of hydrogen-bond acceptors (Lipinski definition) is 4. The van der Waals surface area contributed by atoms with Gasteiger partial charge in [0.2, 0.25) is 11.8 Å². The third kappa shape index (κ3) is 3.69. The van der Waals surface area contributed by atoms with Gasteiger partial charge in [-0.25, -0.2) is 0 Å². The summed E-state index contributed by atoms with van der Waals surface area (Å²) in [4.78, 5) is 22.9. The molecule has 0 unspecified atom stereocenters. The zero-order valence-corrected chi connectivity index (χ0v) is 11.8. The van der Waals surface area contributed by atoms with Gasteiger partial charge in [-0.05, 0) is 17.7 Å². The third-order valence-corrected chi connectivity index (χ3v) is 3.07. The second-order valence-electron chi connectivity index (χ2n) is 4.31. The first-order valence-corrected chi connectivity index (χ1v) is 6.46. The SMILES string of the molecule is COCCOCC(=O)Nc1cc2c(cc1Cl)NC(=O)C2. The van der Waals surface area contributed by atoms with E-state index in [1.807, 2.05) is 0 Å². The van der Waals surface area contributed by atoms with Crippen molar-refractivity contribution >= 4 is 34.8 Å². The van der Waals surface area contributed by atoms with Crippen LogP contribution in [0.4, 0.5) is 11.4 Å². The van der Waals surface area contributed by atoms with Crippen LogP contribution < -0.4 is 10.6 Å². The Balaban J connectivity index is 1.94. The Morgan fingerprint density at radius 3 is 3.00 bits per heavy atom. The van der Waals surface area contributed by atoms with Gasteiger partial charge in [0.1, 0.15) is 6.61 Å². The summed E-state index contributed by atoms with van der Waals surface area (Å²) in [5.74, 6) is -0.386. The zero-order valence-electron chi connectivity index (χ0n) is 11.0. The lowest BCUT2D eigenvalue weighted by Gasteiger charge is -2.09. The van der Waals surface area contributed by atoms with E-state index in [1.165, 1.54) is 0 Å². The number of fused-ring (bicyclic) bond motifs is 1. The Morgan fingerprint density at radius 1 is 1.45 bits per heavy atom. The van der Waals surface area contributed by atoms with Gasteiger partial charge in [0.15, 0.2) is 0 Å². The molecular weight excluding hydrogens is 284 g/mol. The van der Waals surface area contributed by atoms with E-state index < -0.39 is 0 Å². The second kappa shape index (κ2) is 6.69. The van der Waals surface area contributed by atoms with Gasteiger partial charge < -0.3 is 20.1 Å². The largest absolute Gasteiger partial charge is 0.382 e. The van der Waals surface area contributed by atoms with Crippen LogP contribution in [-0.2, 0) is 25.5 Å². The van der Waals surface area contributed by atoms with Crippen molar-refractivity contribution in [2.24, 2.45) is 0 Å². The van der Waals surface area contributed by atoms with Crippen molar-refractivity contribution in [3.63, 3.8) is 0 Å². The van der Waals surface area contributed by atoms with Crippen LogP contribution in [0.1, 0.15) is 5.56 Å². The number of carbonyl (C=O) groups is 2. The second-order valence-corrected chi connectivity index (χ2v) is 4.71. The third-order valence-electron chi connectivity index (χ3n) is 2.76. The summed E-state index contributed by atoms with van der Waals surface area (Å²) in [6.07, 6.45) is 0.291. The fraction of sp³-hybridized carbons (Fsp3) is 0.385. The molecule has 0 aliphatic carbocycles. The molecule has 1 aliphatic heterocycles. The van der Waals surface area contributed by atoms with E-state index >= 15 is 0 Å². The lowest BCUT2D eigenvalue weighted by Crippen LogP contribution is -2.19. The van der Waals surface area contributed by atoms with Gasteiger partial charge in [-0.2, -0.15) is 0 Å². The van der Waals surface area contributed by atoms with E-state index in [4.69, 9.17) is 21.1 Å². The average molecular weight is 299 g/mol. The van der Waals surface area contributed by atoms with Crippen molar-refractivity contribution in [2.45, 2.75) is 6.42 Å². The Hall–Kier alpha value is -1.63. The number of hydrogen-bond donors (Lipinski definition) is 2. The van der Waals surface area contributed by atoms with Crippen LogP contribution in [0.25, 0.3) is 0 Å². The summed E-state index contributed by atoms with van der Waals surface area (Å²) in [5.41, 5.74) is 1.98. The number of ether oxygens (including phenoxy) is 2. The molecule has 1 heterocycles. The smallest absolute Gasteiger partial charge is 0.250 e. The minimum atomic E-state index is -0.305. The highest BCUT2D eigenvalue weighted by atomic mass is 35.5. The molecule has 2 rings (SSSR count). The molecule has 0 saturated carbocycles. The molecule has 1 aliphatic rings. The van der Waals surface area contributed by atoms with E-state index in [2.05, 4.69) is 10.6 Å². The monoisotopic (exact) mass is 298 g/mol. The maximum atomic E-state index is 11.7. The molecule has 1 aromatic rings. The van der Waals surface area contributed by atoms with Gasteiger partial charge in [0.25, 0.3) is 0 Å². The molecule has 2 N–H and O–H groups in total. The van der Waals surface area contributed by atoms with Crippen LogP contribution >= 0.6 is 11.6 Å². The van der Waals surface area contributed by atoms with Crippen LogP contribution in [0, 0.1) is 0 Å². The lowest BCUT2D eigenvalue weighted by molar-refractivity contribution is -0.121. The summed E-state index contributed by atoms with van der Waals surface area (Å²) in [7, 11) is 1.56. The molecule has 0 radical (unpaired) electrons. The number of rotatable bonds is 6. The molecule has 20 heavy (non-hydrogen) atoms. The molecule has 1 aromatic carbocycles. The molecular formula is C13H15ClN2O4. The van der Waals surface area contributed by atoms with Gasteiger partial charge in [0, 0.05) is 12.8 Å². The minimum Gasteiger partial charge on any atom is -0.382 e. The maximum Gasteiger partial charge on any atom is 0.250 e. The number of nitrogens with one attached hydrogen (secondary N) is 2. The standard InChI is InChI=1S/C13H15ClN2O4/c1-19-2-3-20-7-13(18)16-11-4-8-5-12(17)15-10(8)6-9(11)14/h4,6H,2-3,5,7H2,1H3,(H,15,17)(H,16,18). The first-order chi connectivity index (χ1) is 9.60. The number of benzene rings is 1. The lowest BCUT2D eigenvalue weighted by atomic mass is 10.1. The predicted molar refractivity (Wildman–Crippen MR) is 75.1 cm³/mol. The number of carbonyl (C=O) groups excluding carboxylic acids is 2. The topological polar surface area (TPSA) is 76.7 Å². The van der Waals surface area contributed by atoms with Gasteiger partial charge in [-0.1, -0.05) is 11.6 Å². The van der Waals surface area contributed by atoms with Crippen LogP contribution in [0.5, 0.6) is 0 Å². The first-order valence-electron chi connectivity index (χ1n) is 6.09. The first kappa shape index (κ1) is 14.8. The summed E-state index contributed by atoms with van der Waals surface area (Å²) >= 11 is 6.06. The molecule has 7 heteroatoms. The molecule has 0 bridgehead atoms. The average Bonchev–Trinajstić information content (AvgIpc) is 2.74. The number of amides is 2. The van der Waals surface area contributed by atoms with Gasteiger partial charge in [-0.3, -0.25) is 9.59 Å². The quantitative estimate of drug-likeness (QED) is 0.779. The molecule has 2 amide bonds. The Morgan fingerprint density at radius 2 is 2.25 bits per heavy atom. The Labute approximate surface area is 121 Å². The van der Waals surface area contributed by atoms with E-state index in [0.717, 1.165) is 5.56 Å².